The molecular formula is C29H30N2O3. The highest BCUT2D eigenvalue weighted by atomic mass is 16.5. The Hall–Kier alpha value is -3.60. The first-order chi connectivity index (χ1) is 16.5. The lowest BCUT2D eigenvalue weighted by molar-refractivity contribution is -0.134. The van der Waals surface area contributed by atoms with Gasteiger partial charge < -0.3 is 15.0 Å². The Labute approximate surface area is 200 Å². The summed E-state index contributed by atoms with van der Waals surface area (Å²) in [6.45, 7) is 4.72. The number of carbonyl (C=O) groups excluding carboxylic acids is 2. The number of rotatable bonds is 6. The molecule has 2 aliphatic rings. The maximum absolute atomic E-state index is 13.2. The minimum Gasteiger partial charge on any atom is -0.484 e. The molecule has 0 aromatic heterocycles. The van der Waals surface area contributed by atoms with Crippen LogP contribution in [0.4, 0.5) is 5.69 Å². The highest BCUT2D eigenvalue weighted by molar-refractivity contribution is 5.91. The lowest BCUT2D eigenvalue weighted by atomic mass is 9.87. The fourth-order valence-corrected chi connectivity index (χ4v) is 4.58. The SMILES string of the molecule is Cc1ccc(NC(=O)COc2ccc3c(c2)C(c2ccc(C)cc2)N(C(=O)C2CC2)CC3)cc1. The first-order valence-electron chi connectivity index (χ1n) is 12.0. The molecule has 1 atom stereocenters. The Morgan fingerprint density at radius 2 is 1.62 bits per heavy atom. The smallest absolute Gasteiger partial charge is 0.262 e. The molecule has 3 aromatic carbocycles. The van der Waals surface area contributed by atoms with Crippen molar-refractivity contribution in [2.75, 3.05) is 18.5 Å². The monoisotopic (exact) mass is 454 g/mol. The van der Waals surface area contributed by atoms with Crippen molar-refractivity contribution < 1.29 is 14.3 Å². The zero-order valence-electron chi connectivity index (χ0n) is 19.7. The van der Waals surface area contributed by atoms with E-state index in [1.807, 2.05) is 48.2 Å². The van der Waals surface area contributed by atoms with E-state index in [0.29, 0.717) is 5.75 Å². The van der Waals surface area contributed by atoms with Crippen molar-refractivity contribution in [3.05, 3.63) is 94.5 Å². The van der Waals surface area contributed by atoms with Crippen molar-refractivity contribution >= 4 is 17.5 Å². The van der Waals surface area contributed by atoms with Crippen LogP contribution in [0.2, 0.25) is 0 Å². The summed E-state index contributed by atoms with van der Waals surface area (Å²) in [5, 5.41) is 2.87. The second-order valence-electron chi connectivity index (χ2n) is 9.43. The van der Waals surface area contributed by atoms with Crippen LogP contribution in [0, 0.1) is 19.8 Å². The van der Waals surface area contributed by atoms with Crippen molar-refractivity contribution in [1.82, 2.24) is 4.90 Å². The molecule has 5 heteroatoms. The van der Waals surface area contributed by atoms with Crippen LogP contribution in [0.25, 0.3) is 0 Å². The summed E-state index contributed by atoms with van der Waals surface area (Å²) >= 11 is 0. The van der Waals surface area contributed by atoms with E-state index in [0.717, 1.165) is 48.2 Å². The lowest BCUT2D eigenvalue weighted by Gasteiger charge is -2.38. The van der Waals surface area contributed by atoms with Crippen LogP contribution in [-0.2, 0) is 16.0 Å². The van der Waals surface area contributed by atoms with Gasteiger partial charge >= 0.3 is 0 Å². The number of aryl methyl sites for hydroxylation is 2. The third kappa shape index (κ3) is 4.84. The molecular weight excluding hydrogens is 424 g/mol. The minimum atomic E-state index is -0.206. The molecule has 1 saturated carbocycles. The topological polar surface area (TPSA) is 58.6 Å². The second-order valence-corrected chi connectivity index (χ2v) is 9.43. The maximum atomic E-state index is 13.2. The Kier molecular flexibility index (Phi) is 6.10. The molecule has 0 spiro atoms. The van der Waals surface area contributed by atoms with Crippen LogP contribution in [0.15, 0.2) is 66.7 Å². The fourth-order valence-electron chi connectivity index (χ4n) is 4.58. The van der Waals surface area contributed by atoms with Crippen LogP contribution in [-0.4, -0.2) is 29.9 Å². The molecule has 174 valence electrons. The third-order valence-corrected chi connectivity index (χ3v) is 6.65. The molecule has 0 bridgehead atoms. The van der Waals surface area contributed by atoms with Crippen molar-refractivity contribution in [3.8, 4) is 5.75 Å². The first-order valence-corrected chi connectivity index (χ1v) is 12.0. The molecule has 5 rings (SSSR count). The average Bonchev–Trinajstić information content (AvgIpc) is 3.69. The predicted molar refractivity (Wildman–Crippen MR) is 133 cm³/mol. The lowest BCUT2D eigenvalue weighted by Crippen LogP contribution is -2.41. The van der Waals surface area contributed by atoms with E-state index < -0.39 is 0 Å². The van der Waals surface area contributed by atoms with Crippen molar-refractivity contribution in [2.24, 2.45) is 5.92 Å². The molecule has 34 heavy (non-hydrogen) atoms. The number of fused-ring (bicyclic) bond motifs is 1. The molecule has 1 aliphatic carbocycles. The summed E-state index contributed by atoms with van der Waals surface area (Å²) in [6.07, 6.45) is 2.80. The molecule has 1 N–H and O–H groups in total. The van der Waals surface area contributed by atoms with E-state index in [-0.39, 0.29) is 30.4 Å². The average molecular weight is 455 g/mol. The largest absolute Gasteiger partial charge is 0.484 e. The summed E-state index contributed by atoms with van der Waals surface area (Å²) < 4.78 is 5.87. The zero-order chi connectivity index (χ0) is 23.7. The van der Waals surface area contributed by atoms with E-state index in [1.165, 1.54) is 11.1 Å². The zero-order valence-corrected chi connectivity index (χ0v) is 19.7. The normalized spacial score (nSPS) is 17.1. The number of carbonyl (C=O) groups is 2. The molecule has 5 nitrogen and oxygen atoms in total. The van der Waals surface area contributed by atoms with Crippen molar-refractivity contribution in [1.29, 1.82) is 0 Å². The molecule has 1 unspecified atom stereocenters. The number of ether oxygens (including phenoxy) is 1. The van der Waals surface area contributed by atoms with Gasteiger partial charge in [0.25, 0.3) is 5.91 Å². The van der Waals surface area contributed by atoms with E-state index in [1.54, 1.807) is 0 Å². The van der Waals surface area contributed by atoms with Crippen LogP contribution < -0.4 is 10.1 Å². The van der Waals surface area contributed by atoms with Crippen LogP contribution in [0.3, 0.4) is 0 Å². The van der Waals surface area contributed by atoms with Gasteiger partial charge in [0.1, 0.15) is 5.75 Å². The van der Waals surface area contributed by atoms with Gasteiger partial charge in [0.15, 0.2) is 6.61 Å². The van der Waals surface area contributed by atoms with E-state index >= 15 is 0 Å². The molecule has 0 saturated heterocycles. The molecule has 2 amide bonds. The van der Waals surface area contributed by atoms with Crippen LogP contribution in [0.5, 0.6) is 5.75 Å². The summed E-state index contributed by atoms with van der Waals surface area (Å²) in [4.78, 5) is 27.6. The van der Waals surface area contributed by atoms with Gasteiger partial charge in [-0.1, -0.05) is 53.6 Å². The van der Waals surface area contributed by atoms with Crippen LogP contribution in [0.1, 0.15) is 46.7 Å². The van der Waals surface area contributed by atoms with Gasteiger partial charge in [-0.05, 0) is 74.1 Å². The maximum Gasteiger partial charge on any atom is 0.262 e. The number of nitrogens with one attached hydrogen (secondary N) is 1. The third-order valence-electron chi connectivity index (χ3n) is 6.65. The Morgan fingerprint density at radius 3 is 2.29 bits per heavy atom. The van der Waals surface area contributed by atoms with Gasteiger partial charge in [-0.3, -0.25) is 9.59 Å². The molecule has 0 radical (unpaired) electrons. The van der Waals surface area contributed by atoms with Crippen LogP contribution >= 0.6 is 0 Å². The summed E-state index contributed by atoms with van der Waals surface area (Å²) in [5.74, 6) is 0.845. The Balaban J connectivity index is 1.37. The van der Waals surface area contributed by atoms with E-state index in [9.17, 15) is 9.59 Å². The Bertz CT molecular complexity index is 1200. The number of amides is 2. The van der Waals surface area contributed by atoms with Crippen molar-refractivity contribution in [3.63, 3.8) is 0 Å². The second kappa shape index (κ2) is 9.34. The highest BCUT2D eigenvalue weighted by Crippen LogP contribution is 2.41. The van der Waals surface area contributed by atoms with Crippen molar-refractivity contribution in [2.45, 2.75) is 39.2 Å². The number of hydrogen-bond donors (Lipinski definition) is 1. The van der Waals surface area contributed by atoms with Gasteiger partial charge in [-0.25, -0.2) is 0 Å². The van der Waals surface area contributed by atoms with E-state index in [2.05, 4.69) is 42.6 Å². The number of benzene rings is 3. The van der Waals surface area contributed by atoms with Gasteiger partial charge in [-0.15, -0.1) is 0 Å². The molecule has 1 heterocycles. The summed E-state index contributed by atoms with van der Waals surface area (Å²) in [7, 11) is 0. The Morgan fingerprint density at radius 1 is 0.941 bits per heavy atom. The first kappa shape index (κ1) is 22.2. The number of hydrogen-bond acceptors (Lipinski definition) is 3. The quantitative estimate of drug-likeness (QED) is 0.557. The van der Waals surface area contributed by atoms with Gasteiger partial charge in [0.05, 0.1) is 6.04 Å². The highest BCUT2D eigenvalue weighted by Gasteiger charge is 2.39. The van der Waals surface area contributed by atoms with E-state index in [4.69, 9.17) is 4.74 Å². The predicted octanol–water partition coefficient (Wildman–Crippen LogP) is 5.21. The summed E-state index contributed by atoms with van der Waals surface area (Å²) in [5.41, 5.74) is 6.49. The molecule has 3 aromatic rings. The number of nitrogens with zero attached hydrogens (tertiary/aromatic N) is 1. The molecule has 1 fully saturated rings. The fraction of sp³-hybridized carbons (Fsp3) is 0.310. The summed E-state index contributed by atoms with van der Waals surface area (Å²) in [6, 6.07) is 22.0. The van der Waals surface area contributed by atoms with Gasteiger partial charge in [0, 0.05) is 18.2 Å². The van der Waals surface area contributed by atoms with Gasteiger partial charge in [0.2, 0.25) is 5.91 Å². The molecule has 1 aliphatic heterocycles. The standard InChI is InChI=1S/C29H30N2O3/c1-19-3-7-22(8-4-19)28-26-17-25(34-18-27(32)30-24-12-5-20(2)6-13-24)14-11-21(26)15-16-31(28)29(33)23-9-10-23/h3-8,11-14,17,23,28H,9-10,15-16,18H2,1-2H3,(H,30,32). The minimum absolute atomic E-state index is 0.0768. The van der Waals surface area contributed by atoms with Gasteiger partial charge in [-0.2, -0.15) is 0 Å². The number of anilines is 1.